The zero-order chi connectivity index (χ0) is 21.8. The van der Waals surface area contributed by atoms with Gasteiger partial charge in [-0.2, -0.15) is 0 Å². The van der Waals surface area contributed by atoms with Gasteiger partial charge in [-0.1, -0.05) is 30.8 Å². The van der Waals surface area contributed by atoms with Crippen LogP contribution in [0.15, 0.2) is 67.3 Å². The summed E-state index contributed by atoms with van der Waals surface area (Å²) in [6.07, 6.45) is 4.69. The van der Waals surface area contributed by atoms with Crippen molar-refractivity contribution in [1.29, 1.82) is 0 Å². The molecule has 0 aliphatic carbocycles. The first-order chi connectivity index (χ1) is 14.5. The van der Waals surface area contributed by atoms with Gasteiger partial charge in [-0.05, 0) is 47.9 Å². The number of hydrogen-bond donors (Lipinski definition) is 0. The van der Waals surface area contributed by atoms with Crippen molar-refractivity contribution in [2.24, 2.45) is 0 Å². The van der Waals surface area contributed by atoms with Crippen LogP contribution in [-0.2, 0) is 30.3 Å². The topological polar surface area (TPSA) is 88.1 Å². The van der Waals surface area contributed by atoms with Gasteiger partial charge in [0.15, 0.2) is 0 Å². The number of esters is 3. The van der Waals surface area contributed by atoms with Gasteiger partial charge in [-0.3, -0.25) is 4.79 Å². The van der Waals surface area contributed by atoms with Crippen LogP contribution in [0.25, 0.3) is 6.08 Å². The molecule has 0 saturated carbocycles. The summed E-state index contributed by atoms with van der Waals surface area (Å²) in [5.41, 5.74) is 1.72. The minimum absolute atomic E-state index is 0.201. The van der Waals surface area contributed by atoms with Gasteiger partial charge < -0.3 is 18.9 Å². The number of carbonyl (C=O) groups excluding carboxylic acids is 3. The Morgan fingerprint density at radius 2 is 1.60 bits per heavy atom. The fourth-order valence-electron chi connectivity index (χ4n) is 2.28. The molecular formula is C23H22O7. The lowest BCUT2D eigenvalue weighted by molar-refractivity contribution is -0.144. The maximum Gasteiger partial charge on any atom is 0.333 e. The molecule has 2 rings (SSSR count). The van der Waals surface area contributed by atoms with Gasteiger partial charge >= 0.3 is 17.9 Å². The first kappa shape index (κ1) is 22.4. The van der Waals surface area contributed by atoms with E-state index in [1.165, 1.54) is 13.2 Å². The van der Waals surface area contributed by atoms with Gasteiger partial charge in [0.2, 0.25) is 6.79 Å². The second kappa shape index (κ2) is 11.9. The summed E-state index contributed by atoms with van der Waals surface area (Å²) in [5.74, 6) is -0.393. The van der Waals surface area contributed by atoms with E-state index in [9.17, 15) is 14.4 Å². The van der Waals surface area contributed by atoms with E-state index >= 15 is 0 Å². The van der Waals surface area contributed by atoms with Crippen molar-refractivity contribution in [3.63, 3.8) is 0 Å². The van der Waals surface area contributed by atoms with E-state index in [2.05, 4.69) is 11.3 Å². The Labute approximate surface area is 174 Å². The molecule has 7 nitrogen and oxygen atoms in total. The molecule has 0 aliphatic rings. The highest BCUT2D eigenvalue weighted by Gasteiger charge is 2.06. The Bertz CT molecular complexity index is 896. The number of methoxy groups -OCH3 is 1. The quantitative estimate of drug-likeness (QED) is 0.256. The molecule has 0 N–H and O–H groups in total. The van der Waals surface area contributed by atoms with Crippen molar-refractivity contribution >= 4 is 24.0 Å². The van der Waals surface area contributed by atoms with Crippen LogP contribution in [0.3, 0.4) is 0 Å². The Kier molecular flexibility index (Phi) is 8.86. The number of rotatable bonds is 10. The van der Waals surface area contributed by atoms with Crippen LogP contribution in [0.4, 0.5) is 0 Å². The van der Waals surface area contributed by atoms with Crippen molar-refractivity contribution in [1.82, 2.24) is 0 Å². The number of aryl methyl sites for hydroxylation is 1. The van der Waals surface area contributed by atoms with Crippen LogP contribution in [0.2, 0.25) is 0 Å². The molecule has 2 aromatic carbocycles. The van der Waals surface area contributed by atoms with Crippen LogP contribution in [-0.4, -0.2) is 31.8 Å². The Balaban J connectivity index is 1.76. The van der Waals surface area contributed by atoms with E-state index in [-0.39, 0.29) is 19.2 Å². The molecule has 0 fully saturated rings. The number of ether oxygens (including phenoxy) is 4. The molecule has 0 atom stereocenters. The zero-order valence-corrected chi connectivity index (χ0v) is 16.5. The van der Waals surface area contributed by atoms with Crippen molar-refractivity contribution in [2.45, 2.75) is 12.8 Å². The Morgan fingerprint density at radius 3 is 2.23 bits per heavy atom. The highest BCUT2D eigenvalue weighted by Crippen LogP contribution is 2.16. The highest BCUT2D eigenvalue weighted by atomic mass is 16.7. The van der Waals surface area contributed by atoms with Gasteiger partial charge in [-0.15, -0.1) is 0 Å². The average Bonchev–Trinajstić information content (AvgIpc) is 2.77. The standard InChI is InChI=1S/C23H22O7/c1-3-21(24)29-16-28-19-10-4-17(5-11-19)9-15-23(26)30-20-12-6-18(7-13-20)8-14-22(25)27-2/h3-8,10-14H,1,9,15-16H2,2H3/b14-8+. The summed E-state index contributed by atoms with van der Waals surface area (Å²) in [5, 5.41) is 0. The molecular weight excluding hydrogens is 388 g/mol. The fourth-order valence-corrected chi connectivity index (χ4v) is 2.28. The molecule has 0 heterocycles. The minimum Gasteiger partial charge on any atom is -0.466 e. The SMILES string of the molecule is C=CC(=O)OCOc1ccc(CCC(=O)Oc2ccc(/C=C/C(=O)OC)cc2)cc1. The third kappa shape index (κ3) is 8.02. The van der Waals surface area contributed by atoms with E-state index in [0.29, 0.717) is 17.9 Å². The van der Waals surface area contributed by atoms with Gasteiger partial charge in [0.1, 0.15) is 11.5 Å². The summed E-state index contributed by atoms with van der Waals surface area (Å²) >= 11 is 0. The first-order valence-electron chi connectivity index (χ1n) is 9.08. The van der Waals surface area contributed by atoms with E-state index in [0.717, 1.165) is 17.2 Å². The first-order valence-corrected chi connectivity index (χ1v) is 9.08. The maximum absolute atomic E-state index is 12.0. The second-order valence-electron chi connectivity index (χ2n) is 5.97. The maximum atomic E-state index is 12.0. The minimum atomic E-state index is -0.558. The van der Waals surface area contributed by atoms with Crippen LogP contribution in [0, 0.1) is 0 Å². The van der Waals surface area contributed by atoms with Gasteiger partial charge in [0.25, 0.3) is 0 Å². The van der Waals surface area contributed by atoms with Crippen molar-refractivity contribution in [3.8, 4) is 11.5 Å². The third-order valence-corrected chi connectivity index (χ3v) is 3.86. The molecule has 0 bridgehead atoms. The molecule has 0 unspecified atom stereocenters. The lowest BCUT2D eigenvalue weighted by Crippen LogP contribution is -2.09. The zero-order valence-electron chi connectivity index (χ0n) is 16.5. The highest BCUT2D eigenvalue weighted by molar-refractivity contribution is 5.87. The van der Waals surface area contributed by atoms with Crippen LogP contribution < -0.4 is 9.47 Å². The summed E-state index contributed by atoms with van der Waals surface area (Å²) in [7, 11) is 1.31. The molecule has 7 heteroatoms. The molecule has 0 radical (unpaired) electrons. The van der Waals surface area contributed by atoms with E-state index in [1.54, 1.807) is 42.5 Å². The predicted molar refractivity (Wildman–Crippen MR) is 110 cm³/mol. The molecule has 0 saturated heterocycles. The summed E-state index contributed by atoms with van der Waals surface area (Å²) in [4.78, 5) is 34.1. The number of carbonyl (C=O) groups is 3. The molecule has 0 aliphatic heterocycles. The van der Waals surface area contributed by atoms with Gasteiger partial charge in [0, 0.05) is 18.6 Å². The fraction of sp³-hybridized carbons (Fsp3) is 0.174. The van der Waals surface area contributed by atoms with E-state index in [1.807, 2.05) is 12.1 Å². The molecule has 156 valence electrons. The normalized spacial score (nSPS) is 10.3. The van der Waals surface area contributed by atoms with Gasteiger partial charge in [-0.25, -0.2) is 9.59 Å². The van der Waals surface area contributed by atoms with Crippen molar-refractivity contribution in [2.75, 3.05) is 13.9 Å². The lowest BCUT2D eigenvalue weighted by atomic mass is 10.1. The molecule has 0 spiro atoms. The molecule has 0 amide bonds. The Hall–Kier alpha value is -3.87. The summed E-state index contributed by atoms with van der Waals surface area (Å²) in [6.45, 7) is 3.09. The average molecular weight is 410 g/mol. The number of hydrogen-bond acceptors (Lipinski definition) is 7. The Morgan fingerprint density at radius 1 is 0.933 bits per heavy atom. The van der Waals surface area contributed by atoms with Crippen LogP contribution in [0.5, 0.6) is 11.5 Å². The molecule has 30 heavy (non-hydrogen) atoms. The van der Waals surface area contributed by atoms with Crippen LogP contribution in [0.1, 0.15) is 17.5 Å². The van der Waals surface area contributed by atoms with Crippen molar-refractivity contribution < 1.29 is 33.3 Å². The molecule has 0 aromatic heterocycles. The third-order valence-electron chi connectivity index (χ3n) is 3.86. The second-order valence-corrected chi connectivity index (χ2v) is 5.97. The summed E-state index contributed by atoms with van der Waals surface area (Å²) < 4.78 is 19.8. The smallest absolute Gasteiger partial charge is 0.333 e. The van der Waals surface area contributed by atoms with E-state index < -0.39 is 11.9 Å². The van der Waals surface area contributed by atoms with E-state index in [4.69, 9.17) is 14.2 Å². The van der Waals surface area contributed by atoms with Crippen LogP contribution >= 0.6 is 0 Å². The monoisotopic (exact) mass is 410 g/mol. The predicted octanol–water partition coefficient (Wildman–Crippen LogP) is 3.48. The molecule has 2 aromatic rings. The summed E-state index contributed by atoms with van der Waals surface area (Å²) in [6, 6.07) is 13.9. The largest absolute Gasteiger partial charge is 0.466 e. The lowest BCUT2D eigenvalue weighted by Gasteiger charge is -2.07. The number of benzene rings is 2. The van der Waals surface area contributed by atoms with Crippen molar-refractivity contribution in [3.05, 3.63) is 78.4 Å². The van der Waals surface area contributed by atoms with Gasteiger partial charge in [0.05, 0.1) is 7.11 Å².